The molecule has 3 rings (SSSR count). The number of nitrogens with zero attached hydrogens (tertiary/aromatic N) is 2. The Labute approximate surface area is 134 Å². The van der Waals surface area contributed by atoms with E-state index in [1.807, 2.05) is 0 Å². The first-order valence-corrected chi connectivity index (χ1v) is 9.11. The third-order valence-corrected chi connectivity index (χ3v) is 5.38. The van der Waals surface area contributed by atoms with Crippen LogP contribution in [-0.2, 0) is 16.4 Å². The molecule has 1 aliphatic heterocycles. The Morgan fingerprint density at radius 2 is 2.00 bits per heavy atom. The van der Waals surface area contributed by atoms with Gasteiger partial charge in [-0.2, -0.15) is 4.98 Å². The highest BCUT2D eigenvalue weighted by Gasteiger charge is 2.28. The Hall–Kier alpha value is -2.22. The van der Waals surface area contributed by atoms with E-state index in [-0.39, 0.29) is 23.4 Å². The van der Waals surface area contributed by atoms with Crippen molar-refractivity contribution < 1.29 is 12.8 Å². The van der Waals surface area contributed by atoms with E-state index in [0.717, 1.165) is 5.56 Å². The molecule has 0 radical (unpaired) electrons. The van der Waals surface area contributed by atoms with E-state index in [4.69, 9.17) is 0 Å². The van der Waals surface area contributed by atoms with Gasteiger partial charge in [-0.1, -0.05) is 12.1 Å². The fourth-order valence-electron chi connectivity index (χ4n) is 2.41. The summed E-state index contributed by atoms with van der Waals surface area (Å²) in [4.78, 5) is 8.42. The molecule has 122 valence electrons. The molecule has 0 spiro atoms. The molecule has 2 heterocycles. The van der Waals surface area contributed by atoms with Crippen molar-refractivity contribution in [2.75, 3.05) is 22.1 Å². The van der Waals surface area contributed by atoms with Crippen molar-refractivity contribution in [2.24, 2.45) is 0 Å². The number of halogens is 1. The molecule has 0 aliphatic carbocycles. The summed E-state index contributed by atoms with van der Waals surface area (Å²) in [5.41, 5.74) is 0.932. The zero-order valence-corrected chi connectivity index (χ0v) is 13.2. The molecule has 1 aliphatic rings. The van der Waals surface area contributed by atoms with Crippen LogP contribution in [0.4, 0.5) is 16.2 Å². The molecular formula is C15H17FN4O2S. The lowest BCUT2D eigenvalue weighted by Gasteiger charge is -2.12. The summed E-state index contributed by atoms with van der Waals surface area (Å²) in [7, 11) is -2.94. The third kappa shape index (κ3) is 4.38. The number of aromatic nitrogens is 2. The molecule has 1 aromatic carbocycles. The molecule has 0 saturated carbocycles. The summed E-state index contributed by atoms with van der Waals surface area (Å²) in [5, 5.41) is 6.18. The van der Waals surface area contributed by atoms with Crippen molar-refractivity contribution in [3.8, 4) is 0 Å². The number of sulfone groups is 1. The fourth-order valence-corrected chi connectivity index (χ4v) is 4.09. The normalized spacial score (nSPS) is 19.4. The number of hydrogen-bond donors (Lipinski definition) is 2. The monoisotopic (exact) mass is 336 g/mol. The molecule has 23 heavy (non-hydrogen) atoms. The van der Waals surface area contributed by atoms with Gasteiger partial charge in [0, 0.05) is 18.8 Å². The number of anilines is 2. The van der Waals surface area contributed by atoms with Crippen LogP contribution in [0.5, 0.6) is 0 Å². The van der Waals surface area contributed by atoms with Gasteiger partial charge in [0.1, 0.15) is 11.6 Å². The summed E-state index contributed by atoms with van der Waals surface area (Å²) in [5.74, 6) is 1.06. The SMILES string of the molecule is O=S1(=O)CCC(Nc2nccc(NCc3ccc(F)cc3)n2)C1. The maximum atomic E-state index is 12.9. The zero-order valence-electron chi connectivity index (χ0n) is 12.4. The van der Waals surface area contributed by atoms with Gasteiger partial charge in [0.2, 0.25) is 5.95 Å². The number of rotatable bonds is 5. The van der Waals surface area contributed by atoms with E-state index in [1.165, 1.54) is 12.1 Å². The number of hydrogen-bond acceptors (Lipinski definition) is 6. The summed E-state index contributed by atoms with van der Waals surface area (Å²) in [6.45, 7) is 0.508. The van der Waals surface area contributed by atoms with Crippen LogP contribution in [0, 0.1) is 5.82 Å². The highest BCUT2D eigenvalue weighted by Crippen LogP contribution is 2.16. The van der Waals surface area contributed by atoms with Crippen LogP contribution in [0.3, 0.4) is 0 Å². The smallest absolute Gasteiger partial charge is 0.224 e. The molecule has 0 amide bonds. The van der Waals surface area contributed by atoms with E-state index >= 15 is 0 Å². The Morgan fingerprint density at radius 3 is 2.70 bits per heavy atom. The first-order chi connectivity index (χ1) is 11.0. The predicted molar refractivity (Wildman–Crippen MR) is 86.4 cm³/mol. The van der Waals surface area contributed by atoms with E-state index in [9.17, 15) is 12.8 Å². The van der Waals surface area contributed by atoms with Crippen LogP contribution >= 0.6 is 0 Å². The molecule has 1 aromatic heterocycles. The molecule has 2 N–H and O–H groups in total. The van der Waals surface area contributed by atoms with Crippen molar-refractivity contribution in [3.63, 3.8) is 0 Å². The third-order valence-electron chi connectivity index (χ3n) is 3.61. The second-order valence-electron chi connectivity index (χ2n) is 5.49. The van der Waals surface area contributed by atoms with Crippen LogP contribution in [0.15, 0.2) is 36.5 Å². The van der Waals surface area contributed by atoms with Crippen LogP contribution in [0.2, 0.25) is 0 Å². The largest absolute Gasteiger partial charge is 0.366 e. The van der Waals surface area contributed by atoms with Gasteiger partial charge in [-0.3, -0.25) is 0 Å². The molecule has 1 fully saturated rings. The minimum absolute atomic E-state index is 0.115. The van der Waals surface area contributed by atoms with Crippen molar-refractivity contribution in [1.82, 2.24) is 9.97 Å². The standard InChI is InChI=1S/C15H17FN4O2S/c16-12-3-1-11(2-4-12)9-18-14-5-7-17-15(20-14)19-13-6-8-23(21,22)10-13/h1-5,7,13H,6,8-10H2,(H2,17,18,19,20). The molecule has 0 bridgehead atoms. The molecular weight excluding hydrogens is 319 g/mol. The second-order valence-corrected chi connectivity index (χ2v) is 7.72. The van der Waals surface area contributed by atoms with Crippen molar-refractivity contribution in [2.45, 2.75) is 19.0 Å². The number of benzene rings is 1. The topological polar surface area (TPSA) is 84.0 Å². The Bertz CT molecular complexity index is 780. The lowest BCUT2D eigenvalue weighted by Crippen LogP contribution is -2.22. The summed E-state index contributed by atoms with van der Waals surface area (Å²) in [6.07, 6.45) is 2.17. The van der Waals surface area contributed by atoms with Crippen LogP contribution in [-0.4, -0.2) is 35.9 Å². The Morgan fingerprint density at radius 1 is 1.22 bits per heavy atom. The summed E-state index contributed by atoms with van der Waals surface area (Å²) < 4.78 is 35.8. The average molecular weight is 336 g/mol. The summed E-state index contributed by atoms with van der Waals surface area (Å²) in [6, 6.07) is 7.79. The average Bonchev–Trinajstić information content (AvgIpc) is 2.86. The van der Waals surface area contributed by atoms with Crippen LogP contribution in [0.25, 0.3) is 0 Å². The maximum Gasteiger partial charge on any atom is 0.224 e. The van der Waals surface area contributed by atoms with Crippen LogP contribution in [0.1, 0.15) is 12.0 Å². The van der Waals surface area contributed by atoms with E-state index in [0.29, 0.717) is 24.7 Å². The highest BCUT2D eigenvalue weighted by atomic mass is 32.2. The predicted octanol–water partition coefficient (Wildman–Crippen LogP) is 1.83. The first kappa shape index (κ1) is 15.7. The van der Waals surface area contributed by atoms with Gasteiger partial charge >= 0.3 is 0 Å². The van der Waals surface area contributed by atoms with Gasteiger partial charge in [-0.25, -0.2) is 17.8 Å². The van der Waals surface area contributed by atoms with Gasteiger partial charge in [0.05, 0.1) is 11.5 Å². The van der Waals surface area contributed by atoms with Gasteiger partial charge in [0.25, 0.3) is 0 Å². The molecule has 1 unspecified atom stereocenters. The molecule has 2 aromatic rings. The van der Waals surface area contributed by atoms with Crippen molar-refractivity contribution in [3.05, 3.63) is 47.9 Å². The van der Waals surface area contributed by atoms with Gasteiger partial charge < -0.3 is 10.6 Å². The second kappa shape index (κ2) is 6.49. The first-order valence-electron chi connectivity index (χ1n) is 7.28. The highest BCUT2D eigenvalue weighted by molar-refractivity contribution is 7.91. The lowest BCUT2D eigenvalue weighted by molar-refractivity contribution is 0.602. The van der Waals surface area contributed by atoms with E-state index in [1.54, 1.807) is 24.4 Å². The molecule has 8 heteroatoms. The van der Waals surface area contributed by atoms with Gasteiger partial charge in [-0.05, 0) is 30.2 Å². The Balaban J connectivity index is 1.60. The zero-order chi connectivity index (χ0) is 16.3. The molecule has 6 nitrogen and oxygen atoms in total. The lowest BCUT2D eigenvalue weighted by atomic mass is 10.2. The van der Waals surface area contributed by atoms with Gasteiger partial charge in [0.15, 0.2) is 9.84 Å². The van der Waals surface area contributed by atoms with Crippen LogP contribution < -0.4 is 10.6 Å². The van der Waals surface area contributed by atoms with Crippen molar-refractivity contribution >= 4 is 21.6 Å². The minimum Gasteiger partial charge on any atom is -0.366 e. The molecule has 1 saturated heterocycles. The molecule has 1 atom stereocenters. The van der Waals surface area contributed by atoms with E-state index in [2.05, 4.69) is 20.6 Å². The maximum absolute atomic E-state index is 12.9. The summed E-state index contributed by atoms with van der Waals surface area (Å²) >= 11 is 0. The minimum atomic E-state index is -2.94. The number of nitrogens with one attached hydrogen (secondary N) is 2. The van der Waals surface area contributed by atoms with Crippen molar-refractivity contribution in [1.29, 1.82) is 0 Å². The Kier molecular flexibility index (Phi) is 4.42. The quantitative estimate of drug-likeness (QED) is 0.867. The van der Waals surface area contributed by atoms with Gasteiger partial charge in [-0.15, -0.1) is 0 Å². The van der Waals surface area contributed by atoms with E-state index < -0.39 is 9.84 Å². The fraction of sp³-hybridized carbons (Fsp3) is 0.333.